The maximum atomic E-state index is 4.24. The van der Waals surface area contributed by atoms with Crippen molar-refractivity contribution in [2.75, 3.05) is 0 Å². The van der Waals surface area contributed by atoms with Crippen molar-refractivity contribution in [1.82, 2.24) is 19.7 Å². The van der Waals surface area contributed by atoms with E-state index in [1.807, 2.05) is 16.8 Å². The molecule has 0 aliphatic carbocycles. The molecule has 2 aromatic rings. The first-order valence-corrected chi connectivity index (χ1v) is 5.01. The number of imidazole rings is 1. The molecular formula is C11H14N4. The van der Waals surface area contributed by atoms with Crippen LogP contribution in [0, 0.1) is 6.92 Å². The highest BCUT2D eigenvalue weighted by Gasteiger charge is 2.07. The van der Waals surface area contributed by atoms with E-state index in [1.54, 1.807) is 12.5 Å². The Morgan fingerprint density at radius 3 is 2.60 bits per heavy atom. The van der Waals surface area contributed by atoms with Gasteiger partial charge in [0.05, 0.1) is 5.69 Å². The van der Waals surface area contributed by atoms with Crippen LogP contribution in [-0.2, 0) is 0 Å². The van der Waals surface area contributed by atoms with Gasteiger partial charge in [-0.3, -0.25) is 4.57 Å². The van der Waals surface area contributed by atoms with Gasteiger partial charge in [-0.2, -0.15) is 5.10 Å². The lowest BCUT2D eigenvalue weighted by Crippen LogP contribution is -2.03. The van der Waals surface area contributed by atoms with Crippen LogP contribution in [0.5, 0.6) is 0 Å². The van der Waals surface area contributed by atoms with E-state index in [0.29, 0.717) is 5.92 Å². The number of hydrogen-bond acceptors (Lipinski definition) is 3. The second-order valence-electron chi connectivity index (χ2n) is 3.90. The Hall–Kier alpha value is -1.71. The van der Waals surface area contributed by atoms with E-state index in [1.165, 1.54) is 5.56 Å². The van der Waals surface area contributed by atoms with Gasteiger partial charge in [0, 0.05) is 12.4 Å². The molecular weight excluding hydrogens is 188 g/mol. The normalized spacial score (nSPS) is 10.9. The van der Waals surface area contributed by atoms with Gasteiger partial charge < -0.3 is 0 Å². The molecule has 0 radical (unpaired) electrons. The fraction of sp³-hybridized carbons (Fsp3) is 0.364. The van der Waals surface area contributed by atoms with Crippen molar-refractivity contribution in [1.29, 1.82) is 0 Å². The van der Waals surface area contributed by atoms with Crippen molar-refractivity contribution < 1.29 is 0 Å². The lowest BCUT2D eigenvalue weighted by Gasteiger charge is -2.08. The summed E-state index contributed by atoms with van der Waals surface area (Å²) in [6, 6.07) is 2.03. The number of hydrogen-bond donors (Lipinski definition) is 0. The molecule has 0 atom stereocenters. The monoisotopic (exact) mass is 202 g/mol. The molecule has 4 heteroatoms. The third-order valence-corrected chi connectivity index (χ3v) is 2.33. The van der Waals surface area contributed by atoms with E-state index in [0.717, 1.165) is 11.5 Å². The van der Waals surface area contributed by atoms with Gasteiger partial charge in [-0.15, -0.1) is 5.10 Å². The maximum absolute atomic E-state index is 4.24. The molecule has 0 aliphatic rings. The smallest absolute Gasteiger partial charge is 0.160 e. The summed E-state index contributed by atoms with van der Waals surface area (Å²) in [4.78, 5) is 3.98. The Labute approximate surface area is 89.0 Å². The average Bonchev–Trinajstić information content (AvgIpc) is 2.69. The maximum Gasteiger partial charge on any atom is 0.160 e. The highest BCUT2D eigenvalue weighted by Crippen LogP contribution is 2.16. The van der Waals surface area contributed by atoms with Crippen LogP contribution in [0.3, 0.4) is 0 Å². The van der Waals surface area contributed by atoms with E-state index in [2.05, 4.69) is 36.0 Å². The Bertz CT molecular complexity index is 446. The summed E-state index contributed by atoms with van der Waals surface area (Å²) >= 11 is 0. The molecule has 4 nitrogen and oxygen atoms in total. The molecule has 0 aromatic carbocycles. The van der Waals surface area contributed by atoms with Crippen LogP contribution in [0.1, 0.15) is 31.0 Å². The van der Waals surface area contributed by atoms with E-state index >= 15 is 0 Å². The van der Waals surface area contributed by atoms with Crippen molar-refractivity contribution in [3.63, 3.8) is 0 Å². The van der Waals surface area contributed by atoms with Gasteiger partial charge >= 0.3 is 0 Å². The Morgan fingerprint density at radius 2 is 2.07 bits per heavy atom. The Morgan fingerprint density at radius 1 is 1.27 bits per heavy atom. The van der Waals surface area contributed by atoms with Crippen LogP contribution in [-0.4, -0.2) is 19.7 Å². The minimum atomic E-state index is 0.411. The average molecular weight is 202 g/mol. The quantitative estimate of drug-likeness (QED) is 0.749. The summed E-state index contributed by atoms with van der Waals surface area (Å²) in [5.41, 5.74) is 2.22. The van der Waals surface area contributed by atoms with Gasteiger partial charge in [0.25, 0.3) is 0 Å². The molecule has 0 N–H and O–H groups in total. The Kier molecular flexibility index (Phi) is 2.49. The zero-order valence-electron chi connectivity index (χ0n) is 9.18. The van der Waals surface area contributed by atoms with E-state index in [9.17, 15) is 0 Å². The molecule has 0 saturated heterocycles. The first-order chi connectivity index (χ1) is 7.18. The fourth-order valence-electron chi connectivity index (χ4n) is 1.57. The third kappa shape index (κ3) is 1.88. The van der Waals surface area contributed by atoms with Crippen LogP contribution < -0.4 is 0 Å². The predicted molar refractivity (Wildman–Crippen MR) is 58.0 cm³/mol. The predicted octanol–water partition coefficient (Wildman–Crippen LogP) is 2.09. The minimum absolute atomic E-state index is 0.411. The van der Waals surface area contributed by atoms with Gasteiger partial charge in [0.2, 0.25) is 0 Å². The first kappa shape index (κ1) is 9.83. The standard InChI is InChI=1S/C11H14N4/c1-8(2)11-9(3)6-10(13-14-11)15-5-4-12-7-15/h4-8H,1-3H3. The molecule has 0 fully saturated rings. The SMILES string of the molecule is Cc1cc(-n2ccnc2)nnc1C(C)C. The summed E-state index contributed by atoms with van der Waals surface area (Å²) in [6.45, 7) is 6.30. The number of aromatic nitrogens is 4. The topological polar surface area (TPSA) is 43.6 Å². The van der Waals surface area contributed by atoms with Crippen molar-refractivity contribution in [3.05, 3.63) is 36.0 Å². The number of aryl methyl sites for hydroxylation is 1. The fourth-order valence-corrected chi connectivity index (χ4v) is 1.57. The third-order valence-electron chi connectivity index (χ3n) is 2.33. The van der Waals surface area contributed by atoms with Crippen molar-refractivity contribution in [2.24, 2.45) is 0 Å². The van der Waals surface area contributed by atoms with Crippen LogP contribution >= 0.6 is 0 Å². The summed E-state index contributed by atoms with van der Waals surface area (Å²) in [7, 11) is 0. The molecule has 15 heavy (non-hydrogen) atoms. The molecule has 0 bridgehead atoms. The molecule has 0 saturated carbocycles. The second-order valence-corrected chi connectivity index (χ2v) is 3.90. The molecule has 2 aromatic heterocycles. The van der Waals surface area contributed by atoms with Crippen molar-refractivity contribution in [2.45, 2.75) is 26.7 Å². The first-order valence-electron chi connectivity index (χ1n) is 5.01. The van der Waals surface area contributed by atoms with Crippen molar-refractivity contribution in [3.8, 4) is 5.82 Å². The van der Waals surface area contributed by atoms with Crippen LogP contribution in [0.15, 0.2) is 24.8 Å². The molecule has 0 unspecified atom stereocenters. The Balaban J connectivity index is 2.42. The van der Waals surface area contributed by atoms with Crippen LogP contribution in [0.4, 0.5) is 0 Å². The minimum Gasteiger partial charge on any atom is -0.289 e. The van der Waals surface area contributed by atoms with Gasteiger partial charge in [0.1, 0.15) is 6.33 Å². The molecule has 0 aliphatic heterocycles. The number of rotatable bonds is 2. The van der Waals surface area contributed by atoms with Gasteiger partial charge in [0.15, 0.2) is 5.82 Å². The highest BCUT2D eigenvalue weighted by molar-refractivity contribution is 5.29. The molecule has 2 rings (SSSR count). The molecule has 78 valence electrons. The van der Waals surface area contributed by atoms with E-state index < -0.39 is 0 Å². The number of nitrogens with zero attached hydrogens (tertiary/aromatic N) is 4. The second kappa shape index (κ2) is 3.81. The summed E-state index contributed by atoms with van der Waals surface area (Å²) in [6.07, 6.45) is 5.31. The molecule has 0 spiro atoms. The van der Waals surface area contributed by atoms with Gasteiger partial charge in [-0.05, 0) is 24.5 Å². The largest absolute Gasteiger partial charge is 0.289 e. The van der Waals surface area contributed by atoms with Gasteiger partial charge in [-0.25, -0.2) is 4.98 Å². The van der Waals surface area contributed by atoms with Crippen LogP contribution in [0.2, 0.25) is 0 Å². The lowest BCUT2D eigenvalue weighted by molar-refractivity contribution is 0.761. The lowest BCUT2D eigenvalue weighted by atomic mass is 10.1. The van der Waals surface area contributed by atoms with E-state index in [4.69, 9.17) is 0 Å². The summed E-state index contributed by atoms with van der Waals surface area (Å²) in [5.74, 6) is 1.23. The summed E-state index contributed by atoms with van der Waals surface area (Å²) < 4.78 is 1.85. The van der Waals surface area contributed by atoms with E-state index in [-0.39, 0.29) is 0 Å². The molecule has 2 heterocycles. The summed E-state index contributed by atoms with van der Waals surface area (Å²) in [5, 5.41) is 8.41. The van der Waals surface area contributed by atoms with Crippen LogP contribution in [0.25, 0.3) is 5.82 Å². The zero-order chi connectivity index (χ0) is 10.8. The van der Waals surface area contributed by atoms with Gasteiger partial charge in [-0.1, -0.05) is 13.8 Å². The zero-order valence-corrected chi connectivity index (χ0v) is 9.18. The highest BCUT2D eigenvalue weighted by atomic mass is 15.2. The van der Waals surface area contributed by atoms with Crippen molar-refractivity contribution >= 4 is 0 Å². The molecule has 0 amide bonds.